The van der Waals surface area contributed by atoms with Crippen LogP contribution in [0.2, 0.25) is 19.1 Å². The maximum atomic E-state index is 6.21. The van der Waals surface area contributed by atoms with E-state index in [0.29, 0.717) is 0 Å². The molecule has 1 aromatic rings. The van der Waals surface area contributed by atoms with Crippen molar-refractivity contribution in [1.82, 2.24) is 9.97 Å². The Kier molecular flexibility index (Phi) is 4.91. The first kappa shape index (κ1) is 12.0. The number of rotatable bonds is 5. The van der Waals surface area contributed by atoms with Crippen LogP contribution in [0.4, 0.5) is 0 Å². The molecule has 0 aromatic carbocycles. The number of nitrogens with zero attached hydrogens (tertiary/aromatic N) is 2. The van der Waals surface area contributed by atoms with Gasteiger partial charge in [-0.05, 0) is 18.5 Å². The monoisotopic (exact) mass is 246 g/mol. The fourth-order valence-electron chi connectivity index (χ4n) is 1.02. The van der Waals surface area contributed by atoms with E-state index in [1.165, 1.54) is 0 Å². The smallest absolute Gasteiger partial charge is 0.187 e. The lowest BCUT2D eigenvalue weighted by molar-refractivity contribution is 0.959. The molecule has 0 amide bonds. The summed E-state index contributed by atoms with van der Waals surface area (Å²) < 4.78 is 0. The van der Waals surface area contributed by atoms with Crippen LogP contribution in [-0.4, -0.2) is 23.1 Å². The van der Waals surface area contributed by atoms with E-state index in [2.05, 4.69) is 23.1 Å². The fourth-order valence-corrected chi connectivity index (χ4v) is 3.43. The van der Waals surface area contributed by atoms with E-state index in [1.54, 1.807) is 24.2 Å². The summed E-state index contributed by atoms with van der Waals surface area (Å²) >= 11 is 7.92. The molecule has 1 rings (SSSR count). The fraction of sp³-hybridized carbons (Fsp3) is 0.556. The lowest BCUT2D eigenvalue weighted by Crippen LogP contribution is -2.15. The van der Waals surface area contributed by atoms with E-state index in [4.69, 9.17) is 11.1 Å². The second-order valence-electron chi connectivity index (χ2n) is 3.70. The van der Waals surface area contributed by atoms with E-state index in [9.17, 15) is 0 Å². The van der Waals surface area contributed by atoms with Crippen LogP contribution in [0.25, 0.3) is 0 Å². The van der Waals surface area contributed by atoms with Crippen molar-refractivity contribution in [2.75, 3.05) is 5.75 Å². The summed E-state index contributed by atoms with van der Waals surface area (Å²) in [4.78, 5) is 8.29. The molecular weight excluding hydrogens is 232 g/mol. The first-order valence-corrected chi connectivity index (χ1v) is 9.87. The van der Waals surface area contributed by atoms with Gasteiger partial charge in [0.2, 0.25) is 0 Å². The van der Waals surface area contributed by atoms with Gasteiger partial charge in [0, 0.05) is 18.1 Å². The molecule has 14 heavy (non-hydrogen) atoms. The summed E-state index contributed by atoms with van der Waals surface area (Å²) in [6, 6.07) is 2.99. The van der Waals surface area contributed by atoms with Gasteiger partial charge in [-0.3, -0.25) is 0 Å². The summed E-state index contributed by atoms with van der Waals surface area (Å²) in [5.74, 6) is 1.06. The molecule has 0 radical (unpaired) electrons. The van der Waals surface area contributed by atoms with Crippen molar-refractivity contribution in [3.8, 4) is 0 Å². The first-order chi connectivity index (χ1) is 6.58. The minimum absolute atomic E-state index is 0.863. The Balaban J connectivity index is 2.17. The lowest BCUT2D eigenvalue weighted by atomic mass is 10.6. The molecule has 0 aliphatic carbocycles. The van der Waals surface area contributed by atoms with Gasteiger partial charge in [0.15, 0.2) is 12.5 Å². The molecule has 0 unspecified atom stereocenters. The number of aromatic nitrogens is 2. The van der Waals surface area contributed by atoms with Crippen LogP contribution in [-0.2, 0) is 0 Å². The summed E-state index contributed by atoms with van der Waals surface area (Å²) in [7, 11) is -1.38. The van der Waals surface area contributed by atoms with Gasteiger partial charge in [-0.2, -0.15) is 11.1 Å². The van der Waals surface area contributed by atoms with E-state index in [-0.39, 0.29) is 0 Å². The number of hydrogen-bond acceptors (Lipinski definition) is 3. The number of halogens is 1. The predicted octanol–water partition coefficient (Wildman–Crippen LogP) is 3.40. The molecule has 0 saturated heterocycles. The van der Waals surface area contributed by atoms with Crippen molar-refractivity contribution in [2.45, 2.75) is 30.7 Å². The molecule has 5 heteroatoms. The Hall–Kier alpha value is -0.0631. The molecule has 0 N–H and O–H groups in total. The highest BCUT2D eigenvalue weighted by molar-refractivity contribution is 7.99. The highest BCUT2D eigenvalue weighted by atomic mass is 35.6. The van der Waals surface area contributed by atoms with Crippen LogP contribution in [0.5, 0.6) is 0 Å². The zero-order valence-corrected chi connectivity index (χ0v) is 11.1. The topological polar surface area (TPSA) is 25.8 Å². The Morgan fingerprint density at radius 3 is 2.57 bits per heavy atom. The zero-order valence-electron chi connectivity index (χ0n) is 8.53. The van der Waals surface area contributed by atoms with Crippen molar-refractivity contribution in [2.24, 2.45) is 0 Å². The average Bonchev–Trinajstić information content (AvgIpc) is 2.13. The Labute approximate surface area is 95.2 Å². The molecule has 2 nitrogen and oxygen atoms in total. The first-order valence-electron chi connectivity index (χ1n) is 4.67. The minimum Gasteiger partial charge on any atom is -0.231 e. The molecule has 1 heterocycles. The third kappa shape index (κ3) is 5.62. The molecule has 0 aliphatic rings. The van der Waals surface area contributed by atoms with Crippen LogP contribution >= 0.6 is 22.8 Å². The maximum Gasteiger partial charge on any atom is 0.187 e. The molecule has 0 saturated carbocycles. The molecule has 0 fully saturated rings. The van der Waals surface area contributed by atoms with E-state index >= 15 is 0 Å². The summed E-state index contributed by atoms with van der Waals surface area (Å²) in [5.41, 5.74) is 0. The highest BCUT2D eigenvalue weighted by Crippen LogP contribution is 2.20. The Bertz CT molecular complexity index is 263. The van der Waals surface area contributed by atoms with Gasteiger partial charge >= 0.3 is 0 Å². The summed E-state index contributed by atoms with van der Waals surface area (Å²) in [6.45, 7) is 4.36. The normalized spacial score (nSPS) is 11.6. The second-order valence-corrected chi connectivity index (χ2v) is 11.8. The van der Waals surface area contributed by atoms with Crippen LogP contribution in [0.3, 0.4) is 0 Å². The van der Waals surface area contributed by atoms with Gasteiger partial charge < -0.3 is 0 Å². The number of hydrogen-bond donors (Lipinski definition) is 0. The quantitative estimate of drug-likeness (QED) is 0.262. The van der Waals surface area contributed by atoms with Crippen LogP contribution in [0, 0.1) is 0 Å². The predicted molar refractivity (Wildman–Crippen MR) is 65.5 cm³/mol. The third-order valence-electron chi connectivity index (χ3n) is 1.69. The van der Waals surface area contributed by atoms with Gasteiger partial charge in [-0.15, -0.1) is 0 Å². The Morgan fingerprint density at radius 2 is 2.00 bits per heavy atom. The van der Waals surface area contributed by atoms with Crippen LogP contribution in [0.15, 0.2) is 23.6 Å². The molecule has 0 bridgehead atoms. The molecule has 78 valence electrons. The van der Waals surface area contributed by atoms with Crippen molar-refractivity contribution in [3.63, 3.8) is 0 Å². The molecular formula is C9H15ClN2SSi. The van der Waals surface area contributed by atoms with Gasteiger partial charge in [0.25, 0.3) is 0 Å². The SMILES string of the molecule is C[Si](C)(Cl)CCCSc1ncccn1. The van der Waals surface area contributed by atoms with Gasteiger partial charge in [0.1, 0.15) is 0 Å². The van der Waals surface area contributed by atoms with E-state index < -0.39 is 7.38 Å². The summed E-state index contributed by atoms with van der Waals surface area (Å²) in [5, 5.41) is 0.863. The zero-order chi connectivity index (χ0) is 10.4. The van der Waals surface area contributed by atoms with Crippen molar-refractivity contribution < 1.29 is 0 Å². The van der Waals surface area contributed by atoms with E-state index in [1.807, 2.05) is 6.07 Å². The minimum atomic E-state index is -1.38. The third-order valence-corrected chi connectivity index (χ3v) is 4.76. The standard InChI is InChI=1S/C9H15ClN2SSi/c1-14(2,10)8-4-7-13-9-11-5-3-6-12-9/h3,5-6H,4,7-8H2,1-2H3. The van der Waals surface area contributed by atoms with Crippen LogP contribution in [0.1, 0.15) is 6.42 Å². The molecule has 0 aliphatic heterocycles. The van der Waals surface area contributed by atoms with Crippen molar-refractivity contribution in [1.29, 1.82) is 0 Å². The van der Waals surface area contributed by atoms with E-state index in [0.717, 1.165) is 23.4 Å². The average molecular weight is 247 g/mol. The van der Waals surface area contributed by atoms with Crippen molar-refractivity contribution in [3.05, 3.63) is 18.5 Å². The Morgan fingerprint density at radius 1 is 1.36 bits per heavy atom. The highest BCUT2D eigenvalue weighted by Gasteiger charge is 2.15. The lowest BCUT2D eigenvalue weighted by Gasteiger charge is -2.11. The van der Waals surface area contributed by atoms with Gasteiger partial charge in [-0.1, -0.05) is 24.9 Å². The molecule has 0 atom stereocenters. The molecule has 0 spiro atoms. The second kappa shape index (κ2) is 5.73. The summed E-state index contributed by atoms with van der Waals surface area (Å²) in [6.07, 6.45) is 4.71. The molecule has 1 aromatic heterocycles. The van der Waals surface area contributed by atoms with Crippen LogP contribution < -0.4 is 0 Å². The van der Waals surface area contributed by atoms with Gasteiger partial charge in [0.05, 0.1) is 0 Å². The van der Waals surface area contributed by atoms with Gasteiger partial charge in [-0.25, -0.2) is 9.97 Å². The van der Waals surface area contributed by atoms with Crippen molar-refractivity contribution >= 4 is 30.2 Å². The maximum absolute atomic E-state index is 6.21. The number of thioether (sulfide) groups is 1. The largest absolute Gasteiger partial charge is 0.231 e.